The SMILES string of the molecule is O=C(Nc1nn(-c2ccccc2)c(=O)[nH]1)c1ccccc1. The van der Waals surface area contributed by atoms with Crippen LogP contribution in [0.4, 0.5) is 5.95 Å². The summed E-state index contributed by atoms with van der Waals surface area (Å²) in [5, 5.41) is 6.62. The number of benzene rings is 2. The number of anilines is 1. The van der Waals surface area contributed by atoms with Crippen molar-refractivity contribution in [2.75, 3.05) is 5.32 Å². The van der Waals surface area contributed by atoms with Gasteiger partial charge in [0.2, 0.25) is 5.95 Å². The summed E-state index contributed by atoms with van der Waals surface area (Å²) in [4.78, 5) is 26.3. The second kappa shape index (κ2) is 5.46. The Kier molecular flexibility index (Phi) is 3.34. The number of amides is 1. The third kappa shape index (κ3) is 2.74. The van der Waals surface area contributed by atoms with Gasteiger partial charge in [0.25, 0.3) is 5.91 Å². The predicted molar refractivity (Wildman–Crippen MR) is 78.6 cm³/mol. The van der Waals surface area contributed by atoms with Gasteiger partial charge in [0, 0.05) is 5.56 Å². The van der Waals surface area contributed by atoms with Gasteiger partial charge < -0.3 is 0 Å². The second-order valence-corrected chi connectivity index (χ2v) is 4.35. The van der Waals surface area contributed by atoms with Gasteiger partial charge in [0.15, 0.2) is 0 Å². The zero-order valence-electron chi connectivity index (χ0n) is 11.0. The molecular weight excluding hydrogens is 268 g/mol. The molecule has 2 N–H and O–H groups in total. The number of carbonyl (C=O) groups excluding carboxylic acids is 1. The fourth-order valence-electron chi connectivity index (χ4n) is 1.89. The van der Waals surface area contributed by atoms with Crippen molar-refractivity contribution < 1.29 is 4.79 Å². The molecule has 104 valence electrons. The first-order valence-electron chi connectivity index (χ1n) is 6.35. The van der Waals surface area contributed by atoms with Crippen LogP contribution in [0.5, 0.6) is 0 Å². The molecular formula is C15H12N4O2. The molecule has 1 amide bonds. The van der Waals surface area contributed by atoms with Crippen molar-refractivity contribution >= 4 is 11.9 Å². The van der Waals surface area contributed by atoms with E-state index in [-0.39, 0.29) is 11.9 Å². The van der Waals surface area contributed by atoms with E-state index >= 15 is 0 Å². The van der Waals surface area contributed by atoms with E-state index in [2.05, 4.69) is 15.4 Å². The van der Waals surface area contributed by atoms with E-state index in [0.29, 0.717) is 11.3 Å². The van der Waals surface area contributed by atoms with Crippen LogP contribution in [0, 0.1) is 0 Å². The van der Waals surface area contributed by atoms with Gasteiger partial charge >= 0.3 is 5.69 Å². The van der Waals surface area contributed by atoms with Crippen molar-refractivity contribution in [2.24, 2.45) is 0 Å². The molecule has 21 heavy (non-hydrogen) atoms. The second-order valence-electron chi connectivity index (χ2n) is 4.35. The average molecular weight is 280 g/mol. The molecule has 0 radical (unpaired) electrons. The van der Waals surface area contributed by atoms with E-state index < -0.39 is 5.69 Å². The number of aromatic amines is 1. The zero-order chi connectivity index (χ0) is 14.7. The maximum absolute atomic E-state index is 12.0. The lowest BCUT2D eigenvalue weighted by Crippen LogP contribution is -2.15. The summed E-state index contributed by atoms with van der Waals surface area (Å²) in [7, 11) is 0. The minimum absolute atomic E-state index is 0.109. The lowest BCUT2D eigenvalue weighted by molar-refractivity contribution is 0.102. The molecule has 6 nitrogen and oxygen atoms in total. The van der Waals surface area contributed by atoms with E-state index in [9.17, 15) is 9.59 Å². The van der Waals surface area contributed by atoms with Crippen LogP contribution in [-0.2, 0) is 0 Å². The molecule has 2 aromatic carbocycles. The molecule has 3 rings (SSSR count). The van der Waals surface area contributed by atoms with Gasteiger partial charge in [0.05, 0.1) is 5.69 Å². The molecule has 0 aliphatic heterocycles. The van der Waals surface area contributed by atoms with Crippen LogP contribution in [0.15, 0.2) is 65.5 Å². The summed E-state index contributed by atoms with van der Waals surface area (Å²) < 4.78 is 1.20. The first kappa shape index (κ1) is 12.9. The smallest absolute Gasteiger partial charge is 0.291 e. The number of rotatable bonds is 3. The van der Waals surface area contributed by atoms with Gasteiger partial charge in [0.1, 0.15) is 0 Å². The number of hydrogen-bond donors (Lipinski definition) is 2. The molecule has 0 saturated carbocycles. The Morgan fingerprint density at radius 1 is 1.00 bits per heavy atom. The van der Waals surface area contributed by atoms with Gasteiger partial charge in [-0.3, -0.25) is 15.1 Å². The lowest BCUT2D eigenvalue weighted by Gasteiger charge is -2.00. The van der Waals surface area contributed by atoms with Gasteiger partial charge in [-0.2, -0.15) is 4.68 Å². The number of para-hydroxylation sites is 1. The Balaban J connectivity index is 1.85. The Hall–Kier alpha value is -3.15. The van der Waals surface area contributed by atoms with E-state index in [4.69, 9.17) is 0 Å². The third-order valence-electron chi connectivity index (χ3n) is 2.89. The molecule has 3 aromatic rings. The highest BCUT2D eigenvalue weighted by molar-refractivity contribution is 6.03. The van der Waals surface area contributed by atoms with Crippen molar-refractivity contribution in [2.45, 2.75) is 0 Å². The highest BCUT2D eigenvalue weighted by Gasteiger charge is 2.10. The number of nitrogens with one attached hydrogen (secondary N) is 2. The molecule has 6 heteroatoms. The fraction of sp³-hybridized carbons (Fsp3) is 0. The van der Waals surface area contributed by atoms with E-state index in [1.165, 1.54) is 4.68 Å². The van der Waals surface area contributed by atoms with E-state index in [1.54, 1.807) is 48.5 Å². The van der Waals surface area contributed by atoms with Crippen LogP contribution >= 0.6 is 0 Å². The lowest BCUT2D eigenvalue weighted by atomic mass is 10.2. The molecule has 0 saturated heterocycles. The van der Waals surface area contributed by atoms with Crippen LogP contribution in [0.3, 0.4) is 0 Å². The maximum Gasteiger partial charge on any atom is 0.349 e. The molecule has 0 aliphatic carbocycles. The highest BCUT2D eigenvalue weighted by atomic mass is 16.2. The van der Waals surface area contributed by atoms with Crippen molar-refractivity contribution in [1.29, 1.82) is 0 Å². The van der Waals surface area contributed by atoms with Crippen molar-refractivity contribution in [3.8, 4) is 5.69 Å². The highest BCUT2D eigenvalue weighted by Crippen LogP contribution is 2.06. The minimum atomic E-state index is -0.412. The van der Waals surface area contributed by atoms with E-state index in [0.717, 1.165) is 0 Å². The number of hydrogen-bond acceptors (Lipinski definition) is 3. The largest absolute Gasteiger partial charge is 0.349 e. The summed E-state index contributed by atoms with van der Waals surface area (Å²) in [5.41, 5.74) is 0.705. The number of nitrogens with zero attached hydrogens (tertiary/aromatic N) is 2. The monoisotopic (exact) mass is 280 g/mol. The Labute approximate surface area is 120 Å². The Morgan fingerprint density at radius 3 is 2.29 bits per heavy atom. The van der Waals surface area contributed by atoms with Crippen molar-refractivity contribution in [3.05, 3.63) is 76.7 Å². The van der Waals surface area contributed by atoms with Gasteiger partial charge in [-0.05, 0) is 24.3 Å². The molecule has 1 heterocycles. The molecule has 0 unspecified atom stereocenters. The topological polar surface area (TPSA) is 79.8 Å². The number of H-pyrrole nitrogens is 1. The van der Waals surface area contributed by atoms with E-state index in [1.807, 2.05) is 12.1 Å². The predicted octanol–water partition coefficient (Wildman–Crippen LogP) is 1.81. The van der Waals surface area contributed by atoms with Crippen LogP contribution in [0.1, 0.15) is 10.4 Å². The summed E-state index contributed by atoms with van der Waals surface area (Å²) in [6, 6.07) is 17.7. The number of aromatic nitrogens is 3. The average Bonchev–Trinajstić information content (AvgIpc) is 2.89. The summed E-state index contributed by atoms with van der Waals surface area (Å²) in [5.74, 6) is -0.220. The Morgan fingerprint density at radius 2 is 1.62 bits per heavy atom. The van der Waals surface area contributed by atoms with Crippen molar-refractivity contribution in [1.82, 2.24) is 14.8 Å². The quantitative estimate of drug-likeness (QED) is 0.768. The number of carbonyl (C=O) groups is 1. The molecule has 0 spiro atoms. The minimum Gasteiger partial charge on any atom is -0.291 e. The normalized spacial score (nSPS) is 10.3. The van der Waals surface area contributed by atoms with Gasteiger partial charge in [-0.25, -0.2) is 4.79 Å². The fourth-order valence-corrected chi connectivity index (χ4v) is 1.89. The Bertz CT molecular complexity index is 806. The zero-order valence-corrected chi connectivity index (χ0v) is 11.0. The first-order valence-corrected chi connectivity index (χ1v) is 6.35. The van der Waals surface area contributed by atoms with Gasteiger partial charge in [-0.1, -0.05) is 36.4 Å². The van der Waals surface area contributed by atoms with Crippen LogP contribution < -0.4 is 11.0 Å². The van der Waals surface area contributed by atoms with Crippen LogP contribution in [0.25, 0.3) is 5.69 Å². The molecule has 1 aromatic heterocycles. The molecule has 0 bridgehead atoms. The maximum atomic E-state index is 12.0. The molecule has 0 aliphatic rings. The third-order valence-corrected chi connectivity index (χ3v) is 2.89. The summed E-state index contributed by atoms with van der Waals surface area (Å²) in [6.45, 7) is 0. The first-order chi connectivity index (χ1) is 10.2. The molecule has 0 atom stereocenters. The standard InChI is InChI=1S/C15H12N4O2/c20-13(11-7-3-1-4-8-11)16-14-17-15(21)19(18-14)12-9-5-2-6-10-12/h1-10H,(H2,16,17,18,20,21). The summed E-state index contributed by atoms with van der Waals surface area (Å²) in [6.07, 6.45) is 0. The van der Waals surface area contributed by atoms with Crippen LogP contribution in [-0.4, -0.2) is 20.7 Å². The van der Waals surface area contributed by atoms with Crippen LogP contribution in [0.2, 0.25) is 0 Å². The summed E-state index contributed by atoms with van der Waals surface area (Å²) >= 11 is 0. The molecule has 0 fully saturated rings. The van der Waals surface area contributed by atoms with Gasteiger partial charge in [-0.15, -0.1) is 5.10 Å². The van der Waals surface area contributed by atoms with Crippen molar-refractivity contribution in [3.63, 3.8) is 0 Å².